The quantitative estimate of drug-likeness (QED) is 0.443. The van der Waals surface area contributed by atoms with Gasteiger partial charge in [0, 0.05) is 37.6 Å². The van der Waals surface area contributed by atoms with Crippen molar-refractivity contribution in [1.82, 2.24) is 15.1 Å². The van der Waals surface area contributed by atoms with Crippen LogP contribution in [-0.2, 0) is 0 Å². The number of piperidine rings is 1. The van der Waals surface area contributed by atoms with Crippen LogP contribution in [-0.4, -0.2) is 61.1 Å². The molecule has 2 rings (SSSR count). The van der Waals surface area contributed by atoms with Gasteiger partial charge in [0.05, 0.1) is 0 Å². The minimum absolute atomic E-state index is 0. The monoisotopic (exact) mass is 408 g/mol. The van der Waals surface area contributed by atoms with E-state index in [9.17, 15) is 0 Å². The second-order valence-electron chi connectivity index (χ2n) is 7.41. The molecule has 0 spiro atoms. The van der Waals surface area contributed by atoms with Crippen LogP contribution in [0.3, 0.4) is 0 Å². The maximum Gasteiger partial charge on any atom is 0.194 e. The van der Waals surface area contributed by atoms with Gasteiger partial charge >= 0.3 is 0 Å². The summed E-state index contributed by atoms with van der Waals surface area (Å²) in [5.74, 6) is 1.06. The third kappa shape index (κ3) is 4.03. The number of nitrogens with one attached hydrogen (secondary N) is 1. The second-order valence-corrected chi connectivity index (χ2v) is 7.41. The molecule has 0 aromatic rings. The first kappa shape index (κ1) is 19.0. The van der Waals surface area contributed by atoms with Gasteiger partial charge in [0.2, 0.25) is 0 Å². The standard InChI is InChI=1S/C16H32N4.HI/c1-15(2)13-20(16(15,3)4)14(17-5)18-9-12-19-10-7-6-8-11-19;/h6-13H2,1-5H3,(H,17,18);1H. The van der Waals surface area contributed by atoms with Crippen LogP contribution in [0.4, 0.5) is 0 Å². The first-order valence-electron chi connectivity index (χ1n) is 8.09. The van der Waals surface area contributed by atoms with E-state index in [2.05, 4.69) is 47.8 Å². The second kappa shape index (κ2) is 7.49. The summed E-state index contributed by atoms with van der Waals surface area (Å²) in [5.41, 5.74) is 0.539. The zero-order valence-electron chi connectivity index (χ0n) is 14.4. The first-order valence-corrected chi connectivity index (χ1v) is 8.09. The fourth-order valence-electron chi connectivity index (χ4n) is 3.20. The van der Waals surface area contributed by atoms with Crippen molar-refractivity contribution >= 4 is 29.9 Å². The third-order valence-corrected chi connectivity index (χ3v) is 5.51. The van der Waals surface area contributed by atoms with E-state index in [0.29, 0.717) is 5.41 Å². The molecular formula is C16H33IN4. The number of halogens is 1. The van der Waals surface area contributed by atoms with Gasteiger partial charge < -0.3 is 15.1 Å². The summed E-state index contributed by atoms with van der Waals surface area (Å²) in [6.45, 7) is 15.1. The average Bonchev–Trinajstić information content (AvgIpc) is 2.43. The molecule has 0 aromatic heterocycles. The Kier molecular flexibility index (Phi) is 6.78. The molecular weight excluding hydrogens is 375 g/mol. The molecule has 0 amide bonds. The highest BCUT2D eigenvalue weighted by molar-refractivity contribution is 14.0. The number of hydrogen-bond acceptors (Lipinski definition) is 2. The minimum Gasteiger partial charge on any atom is -0.355 e. The number of nitrogens with zero attached hydrogens (tertiary/aromatic N) is 3. The van der Waals surface area contributed by atoms with Gasteiger partial charge in [0.15, 0.2) is 5.96 Å². The number of aliphatic imine (C=N–C) groups is 1. The van der Waals surface area contributed by atoms with Crippen LogP contribution in [0.2, 0.25) is 0 Å². The first-order chi connectivity index (χ1) is 9.38. The lowest BCUT2D eigenvalue weighted by molar-refractivity contribution is -0.0667. The third-order valence-electron chi connectivity index (χ3n) is 5.51. The Hall–Kier alpha value is -0.0400. The highest BCUT2D eigenvalue weighted by atomic mass is 127. The predicted octanol–water partition coefficient (Wildman–Crippen LogP) is 2.79. The number of hydrogen-bond donors (Lipinski definition) is 1. The zero-order valence-corrected chi connectivity index (χ0v) is 16.7. The Balaban J connectivity index is 0.00000220. The molecule has 2 aliphatic rings. The Morgan fingerprint density at radius 3 is 2.19 bits per heavy atom. The van der Waals surface area contributed by atoms with Crippen molar-refractivity contribution < 1.29 is 0 Å². The Morgan fingerprint density at radius 1 is 1.10 bits per heavy atom. The van der Waals surface area contributed by atoms with Crippen LogP contribution >= 0.6 is 24.0 Å². The van der Waals surface area contributed by atoms with E-state index in [-0.39, 0.29) is 29.5 Å². The summed E-state index contributed by atoms with van der Waals surface area (Å²) < 4.78 is 0. The topological polar surface area (TPSA) is 30.9 Å². The molecule has 2 heterocycles. The molecule has 4 nitrogen and oxygen atoms in total. The predicted molar refractivity (Wildman–Crippen MR) is 102 cm³/mol. The van der Waals surface area contributed by atoms with Crippen molar-refractivity contribution in [1.29, 1.82) is 0 Å². The van der Waals surface area contributed by atoms with Gasteiger partial charge in [-0.05, 0) is 39.8 Å². The van der Waals surface area contributed by atoms with E-state index < -0.39 is 0 Å². The van der Waals surface area contributed by atoms with Crippen molar-refractivity contribution in [2.75, 3.05) is 39.8 Å². The summed E-state index contributed by atoms with van der Waals surface area (Å²) in [5, 5.41) is 3.55. The molecule has 0 atom stereocenters. The van der Waals surface area contributed by atoms with Crippen molar-refractivity contribution in [3.8, 4) is 0 Å². The normalized spacial score (nSPS) is 25.0. The summed E-state index contributed by atoms with van der Waals surface area (Å²) in [7, 11) is 1.89. The molecule has 0 aromatic carbocycles. The van der Waals surface area contributed by atoms with E-state index in [1.54, 1.807) is 0 Å². The summed E-state index contributed by atoms with van der Waals surface area (Å²) >= 11 is 0. The Bertz CT molecular complexity index is 359. The molecule has 2 fully saturated rings. The molecule has 21 heavy (non-hydrogen) atoms. The maximum atomic E-state index is 4.47. The van der Waals surface area contributed by atoms with Gasteiger partial charge in [0.1, 0.15) is 0 Å². The summed E-state index contributed by atoms with van der Waals surface area (Å²) in [6.07, 6.45) is 4.13. The molecule has 0 unspecified atom stereocenters. The zero-order chi connectivity index (χ0) is 14.8. The van der Waals surface area contributed by atoms with E-state index in [0.717, 1.165) is 25.6 Å². The van der Waals surface area contributed by atoms with Crippen molar-refractivity contribution in [3.05, 3.63) is 0 Å². The van der Waals surface area contributed by atoms with E-state index in [1.165, 1.54) is 32.4 Å². The van der Waals surface area contributed by atoms with Crippen LogP contribution in [0.15, 0.2) is 4.99 Å². The molecule has 2 saturated heterocycles. The molecule has 0 aliphatic carbocycles. The van der Waals surface area contributed by atoms with Crippen molar-refractivity contribution in [2.45, 2.75) is 52.5 Å². The molecule has 1 N–H and O–H groups in total. The lowest BCUT2D eigenvalue weighted by atomic mass is 9.65. The number of rotatable bonds is 3. The minimum atomic E-state index is 0. The Labute approximate surface area is 147 Å². The lowest BCUT2D eigenvalue weighted by Gasteiger charge is -2.62. The highest BCUT2D eigenvalue weighted by Crippen LogP contribution is 2.46. The maximum absolute atomic E-state index is 4.47. The van der Waals surface area contributed by atoms with E-state index in [1.807, 2.05) is 7.05 Å². The van der Waals surface area contributed by atoms with Crippen molar-refractivity contribution in [3.63, 3.8) is 0 Å². The number of likely N-dealkylation sites (tertiary alicyclic amines) is 2. The number of guanidine groups is 1. The highest BCUT2D eigenvalue weighted by Gasteiger charge is 2.53. The van der Waals surface area contributed by atoms with Gasteiger partial charge in [-0.3, -0.25) is 4.99 Å². The smallest absolute Gasteiger partial charge is 0.194 e. The molecule has 0 saturated carbocycles. The van der Waals surface area contributed by atoms with Crippen LogP contribution in [0, 0.1) is 5.41 Å². The fourth-order valence-corrected chi connectivity index (χ4v) is 3.20. The summed E-state index contributed by atoms with van der Waals surface area (Å²) in [6, 6.07) is 0. The molecule has 2 aliphatic heterocycles. The molecule has 5 heteroatoms. The van der Waals surface area contributed by atoms with E-state index >= 15 is 0 Å². The molecule has 0 bridgehead atoms. The fraction of sp³-hybridized carbons (Fsp3) is 0.938. The van der Waals surface area contributed by atoms with Gasteiger partial charge in [0.25, 0.3) is 0 Å². The van der Waals surface area contributed by atoms with Crippen LogP contribution < -0.4 is 5.32 Å². The SMILES string of the molecule is CN=C(NCCN1CCCCC1)N1CC(C)(C)C1(C)C.I. The van der Waals surface area contributed by atoms with Crippen LogP contribution in [0.5, 0.6) is 0 Å². The van der Waals surface area contributed by atoms with Gasteiger partial charge in [-0.1, -0.05) is 20.3 Å². The van der Waals surface area contributed by atoms with Gasteiger partial charge in [-0.2, -0.15) is 0 Å². The Morgan fingerprint density at radius 2 is 1.71 bits per heavy atom. The lowest BCUT2D eigenvalue weighted by Crippen LogP contribution is -2.72. The molecule has 0 radical (unpaired) electrons. The van der Waals surface area contributed by atoms with Crippen LogP contribution in [0.25, 0.3) is 0 Å². The van der Waals surface area contributed by atoms with E-state index in [4.69, 9.17) is 0 Å². The van der Waals surface area contributed by atoms with Gasteiger partial charge in [-0.25, -0.2) is 0 Å². The summed E-state index contributed by atoms with van der Waals surface area (Å²) in [4.78, 5) is 9.44. The largest absolute Gasteiger partial charge is 0.355 e. The van der Waals surface area contributed by atoms with Crippen LogP contribution in [0.1, 0.15) is 47.0 Å². The van der Waals surface area contributed by atoms with Crippen molar-refractivity contribution in [2.24, 2.45) is 10.4 Å². The average molecular weight is 408 g/mol. The molecule has 124 valence electrons. The van der Waals surface area contributed by atoms with Gasteiger partial charge in [-0.15, -0.1) is 24.0 Å².